The lowest BCUT2D eigenvalue weighted by Gasteiger charge is -1.95. The smallest absolute Gasteiger partial charge is 0.249 e. The summed E-state index contributed by atoms with van der Waals surface area (Å²) in [7, 11) is 0. The quantitative estimate of drug-likeness (QED) is 0.745. The second-order valence-corrected chi connectivity index (χ2v) is 2.81. The van der Waals surface area contributed by atoms with E-state index >= 15 is 0 Å². The van der Waals surface area contributed by atoms with Crippen LogP contribution in [0.5, 0.6) is 0 Å². The van der Waals surface area contributed by atoms with Crippen molar-refractivity contribution >= 4 is 17.8 Å². The van der Waals surface area contributed by atoms with Crippen LogP contribution in [0.25, 0.3) is 6.08 Å². The molecule has 0 aromatic carbocycles. The molecule has 5 heteroatoms. The second-order valence-electron chi connectivity index (χ2n) is 2.81. The third-order valence-electron chi connectivity index (χ3n) is 1.70. The van der Waals surface area contributed by atoms with Gasteiger partial charge in [0.1, 0.15) is 11.6 Å². The average molecular weight is 203 g/mol. The number of furan rings is 1. The first-order valence-electron chi connectivity index (χ1n) is 4.36. The molecule has 0 atom stereocenters. The first-order chi connectivity index (χ1) is 7.34. The number of hydrogen-bond acceptors (Lipinski definition) is 3. The fourth-order valence-electron chi connectivity index (χ4n) is 1.04. The Bertz CT molecular complexity index is 443. The molecule has 0 unspecified atom stereocenters. The molecule has 2 heterocycles. The van der Waals surface area contributed by atoms with Gasteiger partial charge in [-0.1, -0.05) is 0 Å². The minimum absolute atomic E-state index is 0.240. The first-order valence-corrected chi connectivity index (χ1v) is 4.36. The standard InChI is InChI=1S/C10H9N3O2/c14-10(12-9-5-6-11-13-9)4-3-8-2-1-7-15-8/h1-7H,(H2,11,12,13,14). The summed E-state index contributed by atoms with van der Waals surface area (Å²) in [6, 6.07) is 5.19. The minimum atomic E-state index is -0.240. The molecule has 76 valence electrons. The normalized spacial score (nSPS) is 10.7. The fourth-order valence-corrected chi connectivity index (χ4v) is 1.04. The molecule has 2 N–H and O–H groups in total. The van der Waals surface area contributed by atoms with Gasteiger partial charge < -0.3 is 9.73 Å². The lowest BCUT2D eigenvalue weighted by molar-refractivity contribution is -0.111. The molecule has 15 heavy (non-hydrogen) atoms. The topological polar surface area (TPSA) is 70.9 Å². The van der Waals surface area contributed by atoms with Crippen molar-refractivity contribution in [1.29, 1.82) is 0 Å². The number of H-pyrrole nitrogens is 1. The summed E-state index contributed by atoms with van der Waals surface area (Å²) in [5.41, 5.74) is 0. The Morgan fingerprint density at radius 1 is 1.53 bits per heavy atom. The summed E-state index contributed by atoms with van der Waals surface area (Å²) in [6.45, 7) is 0. The Morgan fingerprint density at radius 3 is 3.13 bits per heavy atom. The van der Waals surface area contributed by atoms with Gasteiger partial charge in [0, 0.05) is 12.1 Å². The summed E-state index contributed by atoms with van der Waals surface area (Å²) >= 11 is 0. The van der Waals surface area contributed by atoms with Crippen molar-refractivity contribution in [2.75, 3.05) is 5.32 Å². The van der Waals surface area contributed by atoms with E-state index in [0.29, 0.717) is 11.6 Å². The molecular weight excluding hydrogens is 194 g/mol. The Hall–Kier alpha value is -2.30. The number of nitrogens with zero attached hydrogens (tertiary/aromatic N) is 1. The van der Waals surface area contributed by atoms with E-state index in [4.69, 9.17) is 4.42 Å². The predicted molar refractivity (Wildman–Crippen MR) is 55.0 cm³/mol. The molecule has 0 aliphatic heterocycles. The van der Waals surface area contributed by atoms with E-state index in [9.17, 15) is 4.79 Å². The highest BCUT2D eigenvalue weighted by Crippen LogP contribution is 2.03. The molecule has 0 spiro atoms. The highest BCUT2D eigenvalue weighted by molar-refractivity contribution is 6.01. The third kappa shape index (κ3) is 2.57. The number of aromatic amines is 1. The zero-order chi connectivity index (χ0) is 10.5. The van der Waals surface area contributed by atoms with E-state index < -0.39 is 0 Å². The maximum Gasteiger partial charge on any atom is 0.249 e. The van der Waals surface area contributed by atoms with Crippen molar-refractivity contribution in [3.63, 3.8) is 0 Å². The highest BCUT2D eigenvalue weighted by Gasteiger charge is 1.98. The zero-order valence-corrected chi connectivity index (χ0v) is 7.81. The van der Waals surface area contributed by atoms with Crippen molar-refractivity contribution in [3.05, 3.63) is 42.5 Å². The van der Waals surface area contributed by atoms with Gasteiger partial charge in [-0.05, 0) is 18.2 Å². The molecule has 2 aromatic heterocycles. The average Bonchev–Trinajstić information content (AvgIpc) is 2.86. The molecule has 0 saturated carbocycles. The largest absolute Gasteiger partial charge is 0.465 e. The van der Waals surface area contributed by atoms with Crippen LogP contribution in [0.1, 0.15) is 5.76 Å². The van der Waals surface area contributed by atoms with Crippen LogP contribution in [-0.2, 0) is 4.79 Å². The number of aromatic nitrogens is 2. The van der Waals surface area contributed by atoms with Gasteiger partial charge in [-0.2, -0.15) is 5.10 Å². The van der Waals surface area contributed by atoms with Gasteiger partial charge in [-0.3, -0.25) is 9.89 Å². The van der Waals surface area contributed by atoms with Crippen LogP contribution in [-0.4, -0.2) is 16.1 Å². The number of carbonyl (C=O) groups is 1. The van der Waals surface area contributed by atoms with E-state index in [2.05, 4.69) is 15.5 Å². The molecular formula is C10H9N3O2. The highest BCUT2D eigenvalue weighted by atomic mass is 16.3. The van der Waals surface area contributed by atoms with Crippen LogP contribution in [0.2, 0.25) is 0 Å². The molecule has 2 rings (SSSR count). The number of nitrogens with one attached hydrogen (secondary N) is 2. The number of carbonyl (C=O) groups excluding carboxylic acids is 1. The van der Waals surface area contributed by atoms with Crippen LogP contribution in [0.15, 0.2) is 41.2 Å². The van der Waals surface area contributed by atoms with Crippen LogP contribution in [0.4, 0.5) is 5.82 Å². The lowest BCUT2D eigenvalue weighted by atomic mass is 10.4. The predicted octanol–water partition coefficient (Wildman–Crippen LogP) is 1.65. The summed E-state index contributed by atoms with van der Waals surface area (Å²) in [6.07, 6.45) is 6.09. The molecule has 0 aliphatic carbocycles. The van der Waals surface area contributed by atoms with Gasteiger partial charge in [0.2, 0.25) is 5.91 Å². The van der Waals surface area contributed by atoms with E-state index in [1.165, 1.54) is 6.08 Å². The molecule has 0 fully saturated rings. The second kappa shape index (κ2) is 4.28. The van der Waals surface area contributed by atoms with Crippen molar-refractivity contribution in [3.8, 4) is 0 Å². The number of anilines is 1. The number of rotatable bonds is 3. The van der Waals surface area contributed by atoms with Crippen LogP contribution >= 0.6 is 0 Å². The Morgan fingerprint density at radius 2 is 2.47 bits per heavy atom. The maximum atomic E-state index is 11.3. The summed E-state index contributed by atoms with van der Waals surface area (Å²) in [5, 5.41) is 8.92. The van der Waals surface area contributed by atoms with Crippen molar-refractivity contribution in [2.24, 2.45) is 0 Å². The van der Waals surface area contributed by atoms with Crippen molar-refractivity contribution in [2.45, 2.75) is 0 Å². The zero-order valence-electron chi connectivity index (χ0n) is 7.81. The van der Waals surface area contributed by atoms with Gasteiger partial charge in [-0.25, -0.2) is 0 Å². The SMILES string of the molecule is O=C(C=Cc1ccco1)Nc1ccn[nH]1. The molecule has 1 amide bonds. The van der Waals surface area contributed by atoms with Crippen molar-refractivity contribution in [1.82, 2.24) is 10.2 Å². The fraction of sp³-hybridized carbons (Fsp3) is 0. The summed E-state index contributed by atoms with van der Waals surface area (Å²) < 4.78 is 5.03. The minimum Gasteiger partial charge on any atom is -0.465 e. The molecule has 5 nitrogen and oxygen atoms in total. The monoisotopic (exact) mass is 203 g/mol. The van der Waals surface area contributed by atoms with Gasteiger partial charge >= 0.3 is 0 Å². The summed E-state index contributed by atoms with van der Waals surface area (Å²) in [5.74, 6) is 0.953. The van der Waals surface area contributed by atoms with Gasteiger partial charge in [0.15, 0.2) is 0 Å². The van der Waals surface area contributed by atoms with E-state index in [1.54, 1.807) is 36.7 Å². The Kier molecular flexibility index (Phi) is 2.64. The van der Waals surface area contributed by atoms with Gasteiger partial charge in [0.25, 0.3) is 0 Å². The maximum absolute atomic E-state index is 11.3. The van der Waals surface area contributed by atoms with Crippen LogP contribution in [0, 0.1) is 0 Å². The number of hydrogen-bond donors (Lipinski definition) is 2. The van der Waals surface area contributed by atoms with Gasteiger partial charge in [-0.15, -0.1) is 0 Å². The Balaban J connectivity index is 1.93. The van der Waals surface area contributed by atoms with Crippen molar-refractivity contribution < 1.29 is 9.21 Å². The molecule has 0 bridgehead atoms. The van der Waals surface area contributed by atoms with Crippen LogP contribution < -0.4 is 5.32 Å². The third-order valence-corrected chi connectivity index (χ3v) is 1.70. The first kappa shape index (κ1) is 9.26. The van der Waals surface area contributed by atoms with E-state index in [1.807, 2.05) is 0 Å². The van der Waals surface area contributed by atoms with Crippen LogP contribution in [0.3, 0.4) is 0 Å². The van der Waals surface area contributed by atoms with Gasteiger partial charge in [0.05, 0.1) is 12.5 Å². The molecule has 2 aromatic rings. The lowest BCUT2D eigenvalue weighted by Crippen LogP contribution is -2.07. The number of amides is 1. The molecule has 0 radical (unpaired) electrons. The summed E-state index contributed by atoms with van der Waals surface area (Å²) in [4.78, 5) is 11.3. The van der Waals surface area contributed by atoms with E-state index in [-0.39, 0.29) is 5.91 Å². The Labute approximate surface area is 85.8 Å². The molecule has 0 aliphatic rings. The van der Waals surface area contributed by atoms with E-state index in [0.717, 1.165) is 0 Å². The molecule has 0 saturated heterocycles.